The number of aromatic nitrogens is 2. The van der Waals surface area contributed by atoms with Crippen LogP contribution >= 0.6 is 0 Å². The first-order valence-electron chi connectivity index (χ1n) is 5.11. The number of aliphatic hydroxyl groups is 1. The van der Waals surface area contributed by atoms with Gasteiger partial charge in [-0.05, 0) is 12.1 Å². The Labute approximate surface area is 92.4 Å². The van der Waals surface area contributed by atoms with Crippen molar-refractivity contribution in [1.29, 1.82) is 5.26 Å². The molecule has 3 atom stereocenters. The highest BCUT2D eigenvalue weighted by Crippen LogP contribution is 2.20. The highest BCUT2D eigenvalue weighted by atomic mass is 16.3. The average molecular weight is 217 g/mol. The van der Waals surface area contributed by atoms with Crippen LogP contribution in [0.4, 0.5) is 0 Å². The van der Waals surface area contributed by atoms with Crippen LogP contribution in [0, 0.1) is 11.3 Å². The molecule has 1 saturated heterocycles. The minimum Gasteiger partial charge on any atom is -0.365 e. The quantitative estimate of drug-likeness (QED) is 0.641. The lowest BCUT2D eigenvalue weighted by atomic mass is 10.2. The van der Waals surface area contributed by atoms with Gasteiger partial charge in [0.05, 0.1) is 5.70 Å². The largest absolute Gasteiger partial charge is 0.365 e. The summed E-state index contributed by atoms with van der Waals surface area (Å²) >= 11 is 0. The molecule has 3 unspecified atom stereocenters. The highest BCUT2D eigenvalue weighted by molar-refractivity contribution is 5.50. The van der Waals surface area contributed by atoms with Crippen molar-refractivity contribution in [2.75, 3.05) is 13.1 Å². The van der Waals surface area contributed by atoms with E-state index in [9.17, 15) is 5.11 Å². The maximum atomic E-state index is 9.61. The molecule has 0 spiro atoms. The summed E-state index contributed by atoms with van der Waals surface area (Å²) in [4.78, 5) is 1.92. The van der Waals surface area contributed by atoms with Crippen LogP contribution in [0.25, 0.3) is 5.70 Å². The van der Waals surface area contributed by atoms with E-state index in [2.05, 4.69) is 10.4 Å². The van der Waals surface area contributed by atoms with E-state index in [0.29, 0.717) is 12.2 Å². The first-order chi connectivity index (χ1) is 7.76. The monoisotopic (exact) mass is 217 g/mol. The van der Waals surface area contributed by atoms with Gasteiger partial charge in [-0.1, -0.05) is 0 Å². The Morgan fingerprint density at radius 2 is 2.50 bits per heavy atom. The molecule has 16 heavy (non-hydrogen) atoms. The maximum absolute atomic E-state index is 9.61. The smallest absolute Gasteiger partial charge is 0.163 e. The Morgan fingerprint density at radius 1 is 1.62 bits per heavy atom. The van der Waals surface area contributed by atoms with Crippen molar-refractivity contribution in [3.8, 4) is 6.07 Å². The van der Waals surface area contributed by atoms with Crippen molar-refractivity contribution in [2.45, 2.75) is 12.4 Å². The number of hydrogen-bond donors (Lipinski definition) is 2. The summed E-state index contributed by atoms with van der Waals surface area (Å²) in [6.07, 6.45) is 3.23. The third-order valence-electron chi connectivity index (χ3n) is 2.90. The van der Waals surface area contributed by atoms with E-state index >= 15 is 0 Å². The lowest BCUT2D eigenvalue weighted by molar-refractivity contribution is 0.0309. The first-order valence-corrected chi connectivity index (χ1v) is 5.11. The molecule has 0 aromatic carbocycles. The molecule has 2 N–H and O–H groups in total. The lowest BCUT2D eigenvalue weighted by Gasteiger charge is -2.22. The average Bonchev–Trinajstić information content (AvgIpc) is 2.85. The highest BCUT2D eigenvalue weighted by Gasteiger charge is 2.33. The van der Waals surface area contributed by atoms with E-state index in [4.69, 9.17) is 5.26 Å². The fourth-order valence-electron chi connectivity index (χ4n) is 2.14. The molecule has 2 aliphatic rings. The summed E-state index contributed by atoms with van der Waals surface area (Å²) in [5, 5.41) is 25.5. The lowest BCUT2D eigenvalue weighted by Crippen LogP contribution is -2.36. The van der Waals surface area contributed by atoms with Gasteiger partial charge in [-0.2, -0.15) is 10.4 Å². The van der Waals surface area contributed by atoms with Gasteiger partial charge in [-0.25, -0.2) is 4.68 Å². The van der Waals surface area contributed by atoms with Crippen LogP contribution in [0.1, 0.15) is 5.69 Å². The van der Waals surface area contributed by atoms with Crippen molar-refractivity contribution in [2.24, 2.45) is 0 Å². The molecule has 1 aromatic rings. The van der Waals surface area contributed by atoms with E-state index in [0.717, 1.165) is 12.2 Å². The Kier molecular flexibility index (Phi) is 2.04. The van der Waals surface area contributed by atoms with Gasteiger partial charge < -0.3 is 5.11 Å². The van der Waals surface area contributed by atoms with Crippen LogP contribution in [0.3, 0.4) is 0 Å². The summed E-state index contributed by atoms with van der Waals surface area (Å²) in [5.41, 5.74) is 1.39. The van der Waals surface area contributed by atoms with E-state index < -0.39 is 6.35 Å². The normalized spacial score (nSPS) is 32.2. The second kappa shape index (κ2) is 3.42. The van der Waals surface area contributed by atoms with Gasteiger partial charge in [-0.3, -0.25) is 10.2 Å². The minimum absolute atomic E-state index is 0.161. The molecule has 82 valence electrons. The van der Waals surface area contributed by atoms with Gasteiger partial charge in [0.2, 0.25) is 0 Å². The van der Waals surface area contributed by atoms with E-state index in [1.54, 1.807) is 16.9 Å². The Bertz CT molecular complexity index is 484. The van der Waals surface area contributed by atoms with Gasteiger partial charge in [-0.15, -0.1) is 0 Å². The number of nitrogens with zero attached hydrogens (tertiary/aromatic N) is 4. The van der Waals surface area contributed by atoms with Crippen LogP contribution < -0.4 is 5.32 Å². The summed E-state index contributed by atoms with van der Waals surface area (Å²) in [6.45, 7) is 1.45. The van der Waals surface area contributed by atoms with E-state index in [-0.39, 0.29) is 6.04 Å². The summed E-state index contributed by atoms with van der Waals surface area (Å²) in [5.74, 6) is 0. The molecule has 0 aliphatic carbocycles. The van der Waals surface area contributed by atoms with Gasteiger partial charge in [0.1, 0.15) is 6.07 Å². The van der Waals surface area contributed by atoms with Crippen molar-refractivity contribution in [3.63, 3.8) is 0 Å². The fourth-order valence-corrected chi connectivity index (χ4v) is 2.14. The second-order valence-electron chi connectivity index (χ2n) is 3.99. The van der Waals surface area contributed by atoms with Gasteiger partial charge >= 0.3 is 0 Å². The molecule has 0 amide bonds. The zero-order valence-corrected chi connectivity index (χ0v) is 8.54. The third kappa shape index (κ3) is 1.42. The molecule has 1 aromatic heterocycles. The molecule has 0 saturated carbocycles. The second-order valence-corrected chi connectivity index (χ2v) is 3.99. The fraction of sp³-hybridized carbons (Fsp3) is 0.400. The molecule has 1 fully saturated rings. The molecule has 2 aliphatic heterocycles. The molecule has 3 rings (SSSR count). The Hall–Kier alpha value is -1.68. The van der Waals surface area contributed by atoms with Gasteiger partial charge in [0.25, 0.3) is 0 Å². The number of aliphatic hydroxyl groups excluding tert-OH is 1. The van der Waals surface area contributed by atoms with E-state index in [1.165, 1.54) is 0 Å². The number of nitriles is 1. The predicted molar refractivity (Wildman–Crippen MR) is 55.7 cm³/mol. The SMILES string of the molecule is N#Cc1ccn(C2=CC3CN(C2)C(O)N3)n1. The maximum Gasteiger partial charge on any atom is 0.163 e. The molecular formula is C10H11N5O. The zero-order chi connectivity index (χ0) is 11.1. The topological polar surface area (TPSA) is 77.1 Å². The van der Waals surface area contributed by atoms with Crippen LogP contribution in [-0.4, -0.2) is 45.3 Å². The number of hydrogen-bond acceptors (Lipinski definition) is 5. The van der Waals surface area contributed by atoms with E-state index in [1.807, 2.05) is 17.0 Å². The van der Waals surface area contributed by atoms with Crippen molar-refractivity contribution in [1.82, 2.24) is 20.0 Å². The third-order valence-corrected chi connectivity index (χ3v) is 2.90. The molecule has 3 heterocycles. The minimum atomic E-state index is -0.579. The van der Waals surface area contributed by atoms with Crippen molar-refractivity contribution in [3.05, 3.63) is 24.0 Å². The zero-order valence-electron chi connectivity index (χ0n) is 8.54. The van der Waals surface area contributed by atoms with Crippen LogP contribution in [-0.2, 0) is 0 Å². The molecule has 2 bridgehead atoms. The standard InChI is InChI=1S/C10H11N5O/c11-4-7-1-2-15(13-7)9-3-8-5-14(6-9)10(16)12-8/h1-3,8,10,12,16H,5-6H2. The molecule has 6 nitrogen and oxygen atoms in total. The summed E-state index contributed by atoms with van der Waals surface area (Å²) < 4.78 is 1.69. The van der Waals surface area contributed by atoms with Crippen LogP contribution in [0.15, 0.2) is 18.3 Å². The Balaban J connectivity index is 1.89. The first kappa shape index (κ1) is 9.54. The summed E-state index contributed by atoms with van der Waals surface area (Å²) in [7, 11) is 0. The number of fused-ring (bicyclic) bond motifs is 2. The molecular weight excluding hydrogens is 206 g/mol. The number of rotatable bonds is 1. The van der Waals surface area contributed by atoms with Crippen LogP contribution in [0.2, 0.25) is 0 Å². The predicted octanol–water partition coefficient (Wildman–Crippen LogP) is -0.841. The number of nitrogens with one attached hydrogen (secondary N) is 1. The Morgan fingerprint density at radius 3 is 3.19 bits per heavy atom. The summed E-state index contributed by atoms with van der Waals surface area (Å²) in [6, 6.07) is 3.83. The molecule has 0 radical (unpaired) electrons. The van der Waals surface area contributed by atoms with Gasteiger partial charge in [0, 0.05) is 25.3 Å². The van der Waals surface area contributed by atoms with Crippen molar-refractivity contribution < 1.29 is 5.11 Å². The van der Waals surface area contributed by atoms with Gasteiger partial charge in [0.15, 0.2) is 12.0 Å². The molecule has 6 heteroatoms. The van der Waals surface area contributed by atoms with Crippen molar-refractivity contribution >= 4 is 5.70 Å². The van der Waals surface area contributed by atoms with Crippen LogP contribution in [0.5, 0.6) is 0 Å².